The maximum absolute atomic E-state index is 5.22. The molecule has 5 heteroatoms. The standard InChI is InChI=1S/C17H19N3OS/c1-11-5-6-12(2)16(9-11)20-8-7-18-17(20)22-10-15-13(3)19-21-14(15)4/h5-9H,10H2,1-4H3. The second-order valence-electron chi connectivity index (χ2n) is 5.46. The van der Waals surface area contributed by atoms with Gasteiger partial charge in [0.2, 0.25) is 0 Å². The summed E-state index contributed by atoms with van der Waals surface area (Å²) in [6.45, 7) is 8.16. The van der Waals surface area contributed by atoms with Gasteiger partial charge in [-0.1, -0.05) is 29.1 Å². The Morgan fingerprint density at radius 2 is 2.00 bits per heavy atom. The number of aryl methyl sites for hydroxylation is 4. The highest BCUT2D eigenvalue weighted by Gasteiger charge is 2.13. The highest BCUT2D eigenvalue weighted by Crippen LogP contribution is 2.28. The van der Waals surface area contributed by atoms with Gasteiger partial charge in [0.15, 0.2) is 5.16 Å². The molecule has 0 bridgehead atoms. The van der Waals surface area contributed by atoms with Gasteiger partial charge in [-0.2, -0.15) is 0 Å². The van der Waals surface area contributed by atoms with E-state index < -0.39 is 0 Å². The molecule has 0 amide bonds. The number of hydrogen-bond acceptors (Lipinski definition) is 4. The molecule has 0 spiro atoms. The van der Waals surface area contributed by atoms with Gasteiger partial charge >= 0.3 is 0 Å². The van der Waals surface area contributed by atoms with Gasteiger partial charge < -0.3 is 4.52 Å². The van der Waals surface area contributed by atoms with E-state index in [4.69, 9.17) is 4.52 Å². The topological polar surface area (TPSA) is 43.9 Å². The van der Waals surface area contributed by atoms with E-state index in [0.29, 0.717) is 0 Å². The van der Waals surface area contributed by atoms with E-state index in [0.717, 1.165) is 27.9 Å². The Balaban J connectivity index is 1.88. The molecule has 22 heavy (non-hydrogen) atoms. The third kappa shape index (κ3) is 2.81. The molecule has 0 aliphatic rings. The lowest BCUT2D eigenvalue weighted by Gasteiger charge is -2.11. The third-order valence-electron chi connectivity index (χ3n) is 3.76. The van der Waals surface area contributed by atoms with E-state index in [1.165, 1.54) is 16.8 Å². The van der Waals surface area contributed by atoms with E-state index in [-0.39, 0.29) is 0 Å². The average molecular weight is 313 g/mol. The molecule has 0 N–H and O–H groups in total. The minimum Gasteiger partial charge on any atom is -0.361 e. The summed E-state index contributed by atoms with van der Waals surface area (Å²) in [5.74, 6) is 1.69. The Labute approximate surface area is 134 Å². The molecule has 0 aliphatic heterocycles. The van der Waals surface area contributed by atoms with Gasteiger partial charge in [0, 0.05) is 23.7 Å². The van der Waals surface area contributed by atoms with E-state index in [2.05, 4.69) is 46.8 Å². The highest BCUT2D eigenvalue weighted by atomic mass is 32.2. The first kappa shape index (κ1) is 14.9. The smallest absolute Gasteiger partial charge is 0.172 e. The first-order valence-electron chi connectivity index (χ1n) is 7.22. The van der Waals surface area contributed by atoms with Crippen LogP contribution >= 0.6 is 11.8 Å². The summed E-state index contributed by atoms with van der Waals surface area (Å²) < 4.78 is 7.37. The normalized spacial score (nSPS) is 11.1. The number of rotatable bonds is 4. The molecule has 0 unspecified atom stereocenters. The summed E-state index contributed by atoms with van der Waals surface area (Å²) in [6, 6.07) is 6.47. The molecule has 2 aromatic heterocycles. The molecule has 3 aromatic rings. The molecule has 0 aliphatic carbocycles. The summed E-state index contributed by atoms with van der Waals surface area (Å²) >= 11 is 1.70. The monoisotopic (exact) mass is 313 g/mol. The van der Waals surface area contributed by atoms with E-state index >= 15 is 0 Å². The van der Waals surface area contributed by atoms with Gasteiger partial charge in [0.1, 0.15) is 5.76 Å². The molecule has 0 saturated heterocycles. The number of imidazole rings is 1. The molecule has 0 atom stereocenters. The van der Waals surface area contributed by atoms with Crippen LogP contribution in [0.4, 0.5) is 0 Å². The van der Waals surface area contributed by atoms with Gasteiger partial charge in [-0.05, 0) is 44.9 Å². The first-order valence-corrected chi connectivity index (χ1v) is 8.20. The van der Waals surface area contributed by atoms with Crippen molar-refractivity contribution >= 4 is 11.8 Å². The molecular formula is C17H19N3OS. The number of aromatic nitrogens is 3. The Hall–Kier alpha value is -2.01. The van der Waals surface area contributed by atoms with E-state index in [9.17, 15) is 0 Å². The van der Waals surface area contributed by atoms with Crippen LogP contribution in [-0.4, -0.2) is 14.7 Å². The van der Waals surface area contributed by atoms with Crippen LogP contribution in [0.25, 0.3) is 5.69 Å². The Morgan fingerprint density at radius 3 is 2.73 bits per heavy atom. The fourth-order valence-electron chi connectivity index (χ4n) is 2.40. The van der Waals surface area contributed by atoms with Gasteiger partial charge in [0.05, 0.1) is 11.4 Å². The quantitative estimate of drug-likeness (QED) is 0.670. The van der Waals surface area contributed by atoms with Crippen molar-refractivity contribution in [3.8, 4) is 5.69 Å². The van der Waals surface area contributed by atoms with Crippen molar-refractivity contribution in [1.82, 2.24) is 14.7 Å². The molecule has 4 nitrogen and oxygen atoms in total. The predicted molar refractivity (Wildman–Crippen MR) is 88.6 cm³/mol. The van der Waals surface area contributed by atoms with Crippen LogP contribution < -0.4 is 0 Å². The minimum absolute atomic E-state index is 0.809. The van der Waals surface area contributed by atoms with Gasteiger partial charge in [-0.3, -0.25) is 4.57 Å². The van der Waals surface area contributed by atoms with Crippen LogP contribution in [0.2, 0.25) is 0 Å². The maximum atomic E-state index is 5.22. The zero-order valence-corrected chi connectivity index (χ0v) is 14.1. The number of hydrogen-bond donors (Lipinski definition) is 0. The lowest BCUT2D eigenvalue weighted by molar-refractivity contribution is 0.392. The van der Waals surface area contributed by atoms with Crippen molar-refractivity contribution in [3.63, 3.8) is 0 Å². The molecule has 3 rings (SSSR count). The first-order chi connectivity index (χ1) is 10.6. The van der Waals surface area contributed by atoms with Crippen LogP contribution in [0.5, 0.6) is 0 Å². The predicted octanol–water partition coefficient (Wildman–Crippen LogP) is 4.39. The Morgan fingerprint density at radius 1 is 1.18 bits per heavy atom. The van der Waals surface area contributed by atoms with Crippen LogP contribution in [0.15, 0.2) is 40.3 Å². The number of benzene rings is 1. The third-order valence-corrected chi connectivity index (χ3v) is 4.75. The second-order valence-corrected chi connectivity index (χ2v) is 6.40. The van der Waals surface area contributed by atoms with Crippen LogP contribution in [0.1, 0.15) is 28.1 Å². The van der Waals surface area contributed by atoms with Crippen molar-refractivity contribution in [2.45, 2.75) is 38.6 Å². The Kier molecular flexibility index (Phi) is 4.07. The second kappa shape index (κ2) is 6.01. The summed E-state index contributed by atoms with van der Waals surface area (Å²) in [5, 5.41) is 4.99. The molecule has 0 saturated carbocycles. The fraction of sp³-hybridized carbons (Fsp3) is 0.294. The molecule has 2 heterocycles. The van der Waals surface area contributed by atoms with Crippen molar-refractivity contribution in [2.24, 2.45) is 0 Å². The fourth-order valence-corrected chi connectivity index (χ4v) is 3.52. The van der Waals surface area contributed by atoms with E-state index in [1.807, 2.05) is 26.2 Å². The van der Waals surface area contributed by atoms with Gasteiger partial charge in [0.25, 0.3) is 0 Å². The van der Waals surface area contributed by atoms with Crippen molar-refractivity contribution in [3.05, 3.63) is 58.7 Å². The summed E-state index contributed by atoms with van der Waals surface area (Å²) in [5.41, 5.74) is 5.77. The zero-order chi connectivity index (χ0) is 15.7. The molecule has 0 radical (unpaired) electrons. The van der Waals surface area contributed by atoms with Crippen molar-refractivity contribution < 1.29 is 4.52 Å². The molecule has 1 aromatic carbocycles. The van der Waals surface area contributed by atoms with Gasteiger partial charge in [-0.15, -0.1) is 0 Å². The summed E-state index contributed by atoms with van der Waals surface area (Å²) in [7, 11) is 0. The Bertz CT molecular complexity index is 785. The van der Waals surface area contributed by atoms with Crippen LogP contribution in [0.3, 0.4) is 0 Å². The van der Waals surface area contributed by atoms with E-state index in [1.54, 1.807) is 11.8 Å². The number of nitrogens with zero attached hydrogens (tertiary/aromatic N) is 3. The lowest BCUT2D eigenvalue weighted by atomic mass is 10.1. The minimum atomic E-state index is 0.809. The lowest BCUT2D eigenvalue weighted by Crippen LogP contribution is -1.99. The number of thioether (sulfide) groups is 1. The van der Waals surface area contributed by atoms with Crippen molar-refractivity contribution in [1.29, 1.82) is 0 Å². The van der Waals surface area contributed by atoms with Crippen LogP contribution in [0, 0.1) is 27.7 Å². The SMILES string of the molecule is Cc1ccc(C)c(-n2ccnc2SCc2c(C)noc2C)c1. The molecular weight excluding hydrogens is 294 g/mol. The van der Waals surface area contributed by atoms with Gasteiger partial charge in [-0.25, -0.2) is 4.98 Å². The van der Waals surface area contributed by atoms with Crippen molar-refractivity contribution in [2.75, 3.05) is 0 Å². The average Bonchev–Trinajstić information content (AvgIpc) is 3.07. The zero-order valence-electron chi connectivity index (χ0n) is 13.3. The highest BCUT2D eigenvalue weighted by molar-refractivity contribution is 7.98. The van der Waals surface area contributed by atoms with Crippen LogP contribution in [-0.2, 0) is 5.75 Å². The summed E-state index contributed by atoms with van der Waals surface area (Å²) in [4.78, 5) is 4.50. The molecule has 114 valence electrons. The maximum Gasteiger partial charge on any atom is 0.172 e. The largest absolute Gasteiger partial charge is 0.361 e. The summed E-state index contributed by atoms with van der Waals surface area (Å²) in [6.07, 6.45) is 3.86. The molecule has 0 fully saturated rings.